The molecule has 96 valence electrons. The number of hydrogen-bond acceptors (Lipinski definition) is 2. The van der Waals surface area contributed by atoms with Gasteiger partial charge in [-0.1, -0.05) is 33.6 Å². The van der Waals surface area contributed by atoms with Crippen molar-refractivity contribution in [2.75, 3.05) is 0 Å². The van der Waals surface area contributed by atoms with Crippen LogP contribution in [0.4, 0.5) is 0 Å². The minimum Gasteiger partial charge on any atom is -0.462 e. The highest BCUT2D eigenvalue weighted by molar-refractivity contribution is 5.74. The molecular weight excluding hydrogens is 212 g/mol. The first kappa shape index (κ1) is 11.6. The van der Waals surface area contributed by atoms with Crippen molar-refractivity contribution in [2.45, 2.75) is 52.6 Å². The monoisotopic (exact) mass is 236 g/mol. The molecule has 2 aliphatic carbocycles. The third kappa shape index (κ3) is 1.63. The zero-order valence-corrected chi connectivity index (χ0v) is 11.2. The Morgan fingerprint density at radius 1 is 0.941 bits per heavy atom. The minimum absolute atomic E-state index is 0.0624. The lowest BCUT2D eigenvalue weighted by Crippen LogP contribution is -2.32. The van der Waals surface area contributed by atoms with Crippen molar-refractivity contribution in [3.8, 4) is 0 Å². The molecule has 0 aromatic rings. The van der Waals surface area contributed by atoms with Gasteiger partial charge in [0.1, 0.15) is 6.10 Å². The summed E-state index contributed by atoms with van der Waals surface area (Å²) in [7, 11) is 0. The zero-order chi connectivity index (χ0) is 12.2. The van der Waals surface area contributed by atoms with E-state index in [9.17, 15) is 4.79 Å². The van der Waals surface area contributed by atoms with Gasteiger partial charge in [-0.15, -0.1) is 0 Å². The molecule has 0 spiro atoms. The number of fused-ring (bicyclic) bond motifs is 3. The lowest BCUT2D eigenvalue weighted by Gasteiger charge is -2.30. The van der Waals surface area contributed by atoms with Crippen LogP contribution >= 0.6 is 0 Å². The third-order valence-corrected chi connectivity index (χ3v) is 5.86. The predicted molar refractivity (Wildman–Crippen MR) is 66.3 cm³/mol. The van der Waals surface area contributed by atoms with Gasteiger partial charge in [0, 0.05) is 11.8 Å². The van der Waals surface area contributed by atoms with Crippen LogP contribution in [0.5, 0.6) is 0 Å². The molecule has 0 radical (unpaired) electrons. The number of hydrogen-bond donors (Lipinski definition) is 0. The lowest BCUT2D eigenvalue weighted by atomic mass is 9.77. The topological polar surface area (TPSA) is 26.3 Å². The smallest absolute Gasteiger partial charge is 0.309 e. The van der Waals surface area contributed by atoms with Gasteiger partial charge in [0.25, 0.3) is 0 Å². The second-order valence-electron chi connectivity index (χ2n) is 6.70. The Balaban J connectivity index is 1.92. The molecular formula is C15H24O2. The van der Waals surface area contributed by atoms with Crippen LogP contribution in [0.3, 0.4) is 0 Å². The van der Waals surface area contributed by atoms with E-state index in [0.29, 0.717) is 11.8 Å². The number of carbonyl (C=O) groups is 1. The molecule has 0 bridgehead atoms. The third-order valence-electron chi connectivity index (χ3n) is 5.86. The first-order valence-electron chi connectivity index (χ1n) is 7.30. The molecule has 0 aromatic carbocycles. The van der Waals surface area contributed by atoms with Gasteiger partial charge in [-0.3, -0.25) is 4.79 Å². The molecule has 3 aliphatic rings. The summed E-state index contributed by atoms with van der Waals surface area (Å²) in [5, 5.41) is 0. The van der Waals surface area contributed by atoms with E-state index in [1.807, 2.05) is 0 Å². The van der Waals surface area contributed by atoms with Crippen LogP contribution < -0.4 is 0 Å². The molecule has 1 aliphatic heterocycles. The van der Waals surface area contributed by atoms with Crippen LogP contribution in [0.2, 0.25) is 0 Å². The van der Waals surface area contributed by atoms with E-state index in [1.54, 1.807) is 0 Å². The SMILES string of the molecule is CC1CCC2C(OC(=O)[C@@H]2C)C2C(C)CCC12. The van der Waals surface area contributed by atoms with Crippen LogP contribution in [0.15, 0.2) is 0 Å². The number of ether oxygens (including phenoxy) is 1. The van der Waals surface area contributed by atoms with Crippen LogP contribution in [0, 0.1) is 35.5 Å². The molecule has 2 saturated carbocycles. The molecule has 1 heterocycles. The number of rotatable bonds is 0. The normalized spacial score (nSPS) is 53.8. The number of carbonyl (C=O) groups excluding carboxylic acids is 1. The van der Waals surface area contributed by atoms with Crippen molar-refractivity contribution >= 4 is 5.97 Å². The van der Waals surface area contributed by atoms with Gasteiger partial charge in [-0.2, -0.15) is 0 Å². The van der Waals surface area contributed by atoms with Gasteiger partial charge in [-0.25, -0.2) is 0 Å². The summed E-state index contributed by atoms with van der Waals surface area (Å²) in [6, 6.07) is 0. The summed E-state index contributed by atoms with van der Waals surface area (Å²) < 4.78 is 5.75. The summed E-state index contributed by atoms with van der Waals surface area (Å²) in [4.78, 5) is 11.8. The molecule has 6 unspecified atom stereocenters. The van der Waals surface area contributed by atoms with Crippen molar-refractivity contribution in [1.82, 2.24) is 0 Å². The summed E-state index contributed by atoms with van der Waals surface area (Å²) in [5.74, 6) is 3.71. The Morgan fingerprint density at radius 2 is 1.59 bits per heavy atom. The van der Waals surface area contributed by atoms with Gasteiger partial charge in [-0.05, 0) is 30.6 Å². The maximum absolute atomic E-state index is 11.8. The molecule has 2 heteroatoms. The molecule has 0 aromatic heterocycles. The van der Waals surface area contributed by atoms with E-state index in [0.717, 1.165) is 17.8 Å². The van der Waals surface area contributed by atoms with Crippen LogP contribution in [-0.2, 0) is 9.53 Å². The Hall–Kier alpha value is -0.530. The quantitative estimate of drug-likeness (QED) is 0.603. The Bertz CT molecular complexity index is 325. The van der Waals surface area contributed by atoms with E-state index < -0.39 is 0 Å². The highest BCUT2D eigenvalue weighted by atomic mass is 16.6. The Morgan fingerprint density at radius 3 is 2.35 bits per heavy atom. The Labute approximate surface area is 104 Å². The molecule has 2 nitrogen and oxygen atoms in total. The van der Waals surface area contributed by atoms with Crippen molar-refractivity contribution in [1.29, 1.82) is 0 Å². The average molecular weight is 236 g/mol. The fourth-order valence-electron chi connectivity index (χ4n) is 4.73. The molecule has 3 rings (SSSR count). The maximum atomic E-state index is 11.8. The second-order valence-corrected chi connectivity index (χ2v) is 6.70. The molecule has 17 heavy (non-hydrogen) atoms. The second kappa shape index (κ2) is 4.00. The summed E-state index contributed by atoms with van der Waals surface area (Å²) in [6.45, 7) is 6.83. The van der Waals surface area contributed by atoms with E-state index in [4.69, 9.17) is 4.74 Å². The van der Waals surface area contributed by atoms with E-state index >= 15 is 0 Å². The molecule has 7 atom stereocenters. The minimum atomic E-state index is 0.0624. The van der Waals surface area contributed by atoms with Gasteiger partial charge < -0.3 is 4.74 Å². The highest BCUT2D eigenvalue weighted by Crippen LogP contribution is 2.52. The average Bonchev–Trinajstić information content (AvgIpc) is 2.75. The predicted octanol–water partition coefficient (Wildman–Crippen LogP) is 3.26. The zero-order valence-electron chi connectivity index (χ0n) is 11.2. The first-order chi connectivity index (χ1) is 8.09. The van der Waals surface area contributed by atoms with Gasteiger partial charge >= 0.3 is 5.97 Å². The number of esters is 1. The van der Waals surface area contributed by atoms with E-state index in [1.165, 1.54) is 25.7 Å². The maximum Gasteiger partial charge on any atom is 0.309 e. The van der Waals surface area contributed by atoms with Crippen molar-refractivity contribution < 1.29 is 9.53 Å². The highest BCUT2D eigenvalue weighted by Gasteiger charge is 2.53. The van der Waals surface area contributed by atoms with Crippen LogP contribution in [-0.4, -0.2) is 12.1 Å². The van der Waals surface area contributed by atoms with Crippen LogP contribution in [0.25, 0.3) is 0 Å². The lowest BCUT2D eigenvalue weighted by molar-refractivity contribution is -0.146. The van der Waals surface area contributed by atoms with Crippen molar-refractivity contribution in [3.05, 3.63) is 0 Å². The van der Waals surface area contributed by atoms with E-state index in [-0.39, 0.29) is 18.0 Å². The molecule has 3 fully saturated rings. The summed E-state index contributed by atoms with van der Waals surface area (Å²) in [6.07, 6.45) is 5.40. The Kier molecular flexibility index (Phi) is 2.72. The summed E-state index contributed by atoms with van der Waals surface area (Å²) in [5.41, 5.74) is 0. The largest absolute Gasteiger partial charge is 0.462 e. The molecule has 1 saturated heterocycles. The molecule has 0 amide bonds. The first-order valence-corrected chi connectivity index (χ1v) is 7.30. The van der Waals surface area contributed by atoms with Crippen LogP contribution in [0.1, 0.15) is 46.5 Å². The van der Waals surface area contributed by atoms with Gasteiger partial charge in [0.2, 0.25) is 0 Å². The molecule has 0 N–H and O–H groups in total. The van der Waals surface area contributed by atoms with Gasteiger partial charge in [0.15, 0.2) is 0 Å². The standard InChI is InChI=1S/C15H24O2/c1-8-4-7-12-10(3)15(16)17-14(12)13-9(2)5-6-11(8)13/h8-14H,4-7H2,1-3H3/t8?,9?,10-,11?,12?,13?,14?/m1/s1. The fourth-order valence-corrected chi connectivity index (χ4v) is 4.73. The van der Waals surface area contributed by atoms with Gasteiger partial charge in [0.05, 0.1) is 5.92 Å². The fraction of sp³-hybridized carbons (Fsp3) is 0.933. The van der Waals surface area contributed by atoms with E-state index in [2.05, 4.69) is 20.8 Å². The summed E-state index contributed by atoms with van der Waals surface area (Å²) >= 11 is 0. The van der Waals surface area contributed by atoms with Crippen molar-refractivity contribution in [2.24, 2.45) is 35.5 Å². The van der Waals surface area contributed by atoms with Crippen molar-refractivity contribution in [3.63, 3.8) is 0 Å².